The van der Waals surface area contributed by atoms with E-state index in [9.17, 15) is 0 Å². The van der Waals surface area contributed by atoms with Crippen molar-refractivity contribution >= 4 is 34.4 Å². The van der Waals surface area contributed by atoms with Gasteiger partial charge in [-0.1, -0.05) is 226 Å². The second-order valence-corrected chi connectivity index (χ2v) is 18.0. The lowest BCUT2D eigenvalue weighted by atomic mass is 9.68. The summed E-state index contributed by atoms with van der Waals surface area (Å²) in [5.41, 5.74) is 21.8. The zero-order valence-corrected chi connectivity index (χ0v) is 40.1. The summed E-state index contributed by atoms with van der Waals surface area (Å²) in [6, 6.07) is 82.0. The highest BCUT2D eigenvalue weighted by Gasteiger charge is 2.48. The summed E-state index contributed by atoms with van der Waals surface area (Å²) in [5, 5.41) is 2.17. The molecule has 1 aliphatic carbocycles. The van der Waals surface area contributed by atoms with E-state index in [1.807, 2.05) is 80.6 Å². The molecule has 0 bridgehead atoms. The number of hydrogen-bond acceptors (Lipinski definition) is 5. The molecule has 11 aromatic rings. The molecule has 1 aromatic heterocycles. The number of furan rings is 1. The Balaban J connectivity index is 0.00000262. The highest BCUT2D eigenvalue weighted by Crippen LogP contribution is 2.63. The van der Waals surface area contributed by atoms with Crippen LogP contribution >= 0.6 is 0 Å². The van der Waals surface area contributed by atoms with Gasteiger partial charge in [-0.2, -0.15) is 0 Å². The number of para-hydroxylation sites is 3. The molecule has 0 spiro atoms. The topological polar surface area (TPSA) is 70.0 Å². The van der Waals surface area contributed by atoms with Crippen molar-refractivity contribution in [3.8, 4) is 56.4 Å². The van der Waals surface area contributed by atoms with Crippen LogP contribution in [0.3, 0.4) is 0 Å². The van der Waals surface area contributed by atoms with Crippen LogP contribution in [0.2, 0.25) is 0 Å². The number of fused-ring (bicyclic) bond motifs is 9. The molecule has 2 N–H and O–H groups in total. The molecule has 10 aromatic carbocycles. The number of benzene rings is 10. The minimum Gasteiger partial charge on any atom is -0.455 e. The van der Waals surface area contributed by atoms with E-state index in [4.69, 9.17) is 19.6 Å². The molecule has 0 radical (unpaired) electrons. The summed E-state index contributed by atoms with van der Waals surface area (Å²) in [7, 11) is 0. The van der Waals surface area contributed by atoms with Gasteiger partial charge < -0.3 is 19.6 Å². The minimum atomic E-state index is -1.16. The molecule has 1 aliphatic heterocycles. The average Bonchev–Trinajstić information content (AvgIpc) is 4.00. The Labute approximate surface area is 419 Å². The van der Waals surface area contributed by atoms with Crippen LogP contribution in [0.15, 0.2) is 252 Å². The standard InChI is InChI=1S/C65H44N2O3.C2H6/c1-67-56(43-18-5-2-6-19-43)41-64(66,45-36-34-42(35-37-45)49-28-16-30-52-51-26-12-14-32-57(51)69-61(49)52)48-25-15-20-44(40-48)50-29-17-33-58-62(50)70-63-59(68-58)39-38-55-60(63)53-27-11-13-31-54(53)65(55,46-21-7-3-8-22-46)47-23-9-4-10-24-47;1-2/h2-41H,1,66H2;1-2H3/b56-41-;. The SMILES string of the molecule is C=N/C(=C\C(N)(c1ccc(-c2cccc3c2oc2ccccc23)cc1)c1cccc(-c2cccc3c2Oc2c(ccc4c2-c2ccccc2C4(c2ccccc2)c2ccccc2)O3)c1)c1ccccc1.CC. The van der Waals surface area contributed by atoms with Gasteiger partial charge >= 0.3 is 0 Å². The molecule has 2 aliphatic rings. The molecule has 5 heteroatoms. The van der Waals surface area contributed by atoms with Gasteiger partial charge in [-0.05, 0) is 92.7 Å². The molecular weight excluding hydrogens is 881 g/mol. The first kappa shape index (κ1) is 44.2. The van der Waals surface area contributed by atoms with Crippen molar-refractivity contribution in [1.29, 1.82) is 0 Å². The van der Waals surface area contributed by atoms with Gasteiger partial charge in [0.25, 0.3) is 0 Å². The fraction of sp³-hybridized carbons (Fsp3) is 0.0597. The summed E-state index contributed by atoms with van der Waals surface area (Å²) in [6.07, 6.45) is 2.02. The summed E-state index contributed by atoms with van der Waals surface area (Å²) < 4.78 is 20.6. The third-order valence-corrected chi connectivity index (χ3v) is 14.3. The number of nitrogens with two attached hydrogens (primary N) is 1. The third-order valence-electron chi connectivity index (χ3n) is 14.3. The van der Waals surface area contributed by atoms with Gasteiger partial charge in [-0.25, -0.2) is 0 Å². The maximum absolute atomic E-state index is 7.82. The number of nitrogens with zero attached hydrogens (tertiary/aromatic N) is 1. The normalized spacial score (nSPS) is 13.8. The molecule has 0 fully saturated rings. The number of rotatable bonds is 9. The van der Waals surface area contributed by atoms with Crippen LogP contribution < -0.4 is 15.2 Å². The summed E-state index contributed by atoms with van der Waals surface area (Å²) in [6.45, 7) is 8.01. The molecule has 0 saturated carbocycles. The Morgan fingerprint density at radius 3 is 1.86 bits per heavy atom. The van der Waals surface area contributed by atoms with Crippen LogP contribution in [0.4, 0.5) is 0 Å². The van der Waals surface area contributed by atoms with Crippen molar-refractivity contribution in [3.63, 3.8) is 0 Å². The Morgan fingerprint density at radius 2 is 1.11 bits per heavy atom. The second kappa shape index (κ2) is 18.1. The summed E-state index contributed by atoms with van der Waals surface area (Å²) in [5.74, 6) is 2.62. The molecule has 5 nitrogen and oxygen atoms in total. The predicted molar refractivity (Wildman–Crippen MR) is 295 cm³/mol. The van der Waals surface area contributed by atoms with E-state index >= 15 is 0 Å². The number of hydrogen-bond donors (Lipinski definition) is 1. The van der Waals surface area contributed by atoms with Crippen molar-refractivity contribution in [2.75, 3.05) is 0 Å². The molecule has 72 heavy (non-hydrogen) atoms. The van der Waals surface area contributed by atoms with E-state index in [-0.39, 0.29) is 0 Å². The van der Waals surface area contributed by atoms with Gasteiger partial charge in [0.15, 0.2) is 23.0 Å². The van der Waals surface area contributed by atoms with E-state index in [2.05, 4.69) is 188 Å². The van der Waals surface area contributed by atoms with E-state index in [0.29, 0.717) is 28.7 Å². The lowest BCUT2D eigenvalue weighted by molar-refractivity contribution is 0.361. The monoisotopic (exact) mass is 930 g/mol. The van der Waals surface area contributed by atoms with Gasteiger partial charge in [-0.3, -0.25) is 4.99 Å². The highest BCUT2D eigenvalue weighted by atomic mass is 16.6. The first-order valence-corrected chi connectivity index (χ1v) is 24.6. The van der Waals surface area contributed by atoms with Gasteiger partial charge in [0.1, 0.15) is 11.2 Å². The zero-order valence-electron chi connectivity index (χ0n) is 40.1. The van der Waals surface area contributed by atoms with Crippen LogP contribution in [-0.4, -0.2) is 6.72 Å². The zero-order chi connectivity index (χ0) is 48.8. The smallest absolute Gasteiger partial charge is 0.178 e. The molecule has 346 valence electrons. The lowest BCUT2D eigenvalue weighted by Gasteiger charge is -2.34. The Morgan fingerprint density at radius 1 is 0.500 bits per heavy atom. The van der Waals surface area contributed by atoms with E-state index < -0.39 is 11.0 Å². The average molecular weight is 931 g/mol. The minimum absolute atomic E-state index is 0.587. The second-order valence-electron chi connectivity index (χ2n) is 18.0. The molecule has 1 atom stereocenters. The van der Waals surface area contributed by atoms with Crippen molar-refractivity contribution in [2.24, 2.45) is 10.7 Å². The third kappa shape index (κ3) is 7.00. The van der Waals surface area contributed by atoms with Crippen molar-refractivity contribution in [1.82, 2.24) is 0 Å². The summed E-state index contributed by atoms with van der Waals surface area (Å²) in [4.78, 5) is 4.55. The van der Waals surface area contributed by atoms with Gasteiger partial charge in [0.2, 0.25) is 0 Å². The van der Waals surface area contributed by atoms with Crippen molar-refractivity contribution in [2.45, 2.75) is 24.8 Å². The predicted octanol–water partition coefficient (Wildman–Crippen LogP) is 17.2. The van der Waals surface area contributed by atoms with Gasteiger partial charge in [-0.15, -0.1) is 0 Å². The summed E-state index contributed by atoms with van der Waals surface area (Å²) >= 11 is 0. The molecule has 2 heterocycles. The van der Waals surface area contributed by atoms with Crippen LogP contribution in [0.25, 0.3) is 61.0 Å². The molecule has 13 rings (SSSR count). The largest absolute Gasteiger partial charge is 0.455 e. The fourth-order valence-electron chi connectivity index (χ4n) is 11.0. The Kier molecular flexibility index (Phi) is 11.1. The van der Waals surface area contributed by atoms with Crippen molar-refractivity contribution < 1.29 is 13.9 Å². The first-order valence-electron chi connectivity index (χ1n) is 24.6. The van der Waals surface area contributed by atoms with Crippen LogP contribution in [0, 0.1) is 0 Å². The van der Waals surface area contributed by atoms with Crippen LogP contribution in [0.5, 0.6) is 23.0 Å². The maximum atomic E-state index is 7.82. The lowest BCUT2D eigenvalue weighted by Crippen LogP contribution is -2.36. The number of ether oxygens (including phenoxy) is 2. The van der Waals surface area contributed by atoms with Crippen LogP contribution in [0.1, 0.15) is 52.8 Å². The maximum Gasteiger partial charge on any atom is 0.178 e. The van der Waals surface area contributed by atoms with Gasteiger partial charge in [0.05, 0.1) is 16.7 Å². The van der Waals surface area contributed by atoms with Gasteiger partial charge in [0, 0.05) is 27.5 Å². The molecular formula is C67H50N2O3. The molecule has 1 unspecified atom stereocenters. The molecule has 0 amide bonds. The van der Waals surface area contributed by atoms with Crippen molar-refractivity contribution in [3.05, 3.63) is 282 Å². The Bertz CT molecular complexity index is 3820. The van der Waals surface area contributed by atoms with Crippen LogP contribution in [-0.2, 0) is 11.0 Å². The fourth-order valence-corrected chi connectivity index (χ4v) is 11.0. The van der Waals surface area contributed by atoms with E-state index in [1.165, 1.54) is 16.7 Å². The quantitative estimate of drug-likeness (QED) is 0.146. The molecule has 0 saturated heterocycles. The van der Waals surface area contributed by atoms with E-state index in [1.54, 1.807) is 0 Å². The first-order chi connectivity index (χ1) is 35.5. The number of aliphatic imine (C=N–C) groups is 1. The van der Waals surface area contributed by atoms with E-state index in [0.717, 1.165) is 77.6 Å². The Hall–Kier alpha value is -9.03. The highest BCUT2D eigenvalue weighted by molar-refractivity contribution is 6.09.